The van der Waals surface area contributed by atoms with Crippen molar-refractivity contribution in [2.75, 3.05) is 18.9 Å². The Hall–Kier alpha value is -2.47. The number of nitrogens with one attached hydrogen (secondary N) is 1. The second-order valence-corrected chi connectivity index (χ2v) is 6.28. The molecule has 1 aliphatic heterocycles. The first kappa shape index (κ1) is 15.1. The van der Waals surface area contributed by atoms with Crippen LogP contribution in [0.3, 0.4) is 0 Å². The number of likely N-dealkylation sites (tertiary alicyclic amines) is 1. The number of fused-ring (bicyclic) bond motifs is 1. The van der Waals surface area contributed by atoms with Gasteiger partial charge in [0, 0.05) is 14.1 Å². The molecule has 1 aromatic carbocycles. The zero-order chi connectivity index (χ0) is 16.5. The normalized spacial score (nSPS) is 18.3. The molecule has 3 aromatic rings. The van der Waals surface area contributed by atoms with Crippen LogP contribution in [0.25, 0.3) is 11.0 Å². The predicted octanol–water partition coefficient (Wildman–Crippen LogP) is 2.74. The van der Waals surface area contributed by atoms with Crippen molar-refractivity contribution >= 4 is 16.9 Å². The summed E-state index contributed by atoms with van der Waals surface area (Å²) in [5.41, 5.74) is 3.28. The van der Waals surface area contributed by atoms with Crippen LogP contribution in [0.15, 0.2) is 36.7 Å². The van der Waals surface area contributed by atoms with Crippen LogP contribution in [0, 0.1) is 0 Å². The van der Waals surface area contributed by atoms with Gasteiger partial charge in [0.15, 0.2) is 0 Å². The van der Waals surface area contributed by atoms with E-state index in [0.29, 0.717) is 6.04 Å². The van der Waals surface area contributed by atoms with E-state index in [0.717, 1.165) is 42.4 Å². The summed E-state index contributed by atoms with van der Waals surface area (Å²) in [5, 5.41) is 3.07. The summed E-state index contributed by atoms with van der Waals surface area (Å²) in [7, 11) is 3.97. The molecule has 2 aromatic heterocycles. The largest absolute Gasteiger partial charge is 0.372 e. The second-order valence-electron chi connectivity index (χ2n) is 6.28. The van der Waals surface area contributed by atoms with Crippen molar-refractivity contribution in [1.29, 1.82) is 0 Å². The SMILES string of the molecule is CNc1cncc([C@@H]2CCCN2Cc2nc3ccccc3n2C)n1. The second kappa shape index (κ2) is 6.20. The lowest BCUT2D eigenvalue weighted by Crippen LogP contribution is -2.25. The van der Waals surface area contributed by atoms with E-state index in [1.54, 1.807) is 6.20 Å². The van der Waals surface area contributed by atoms with Crippen LogP contribution in [0.5, 0.6) is 0 Å². The van der Waals surface area contributed by atoms with Gasteiger partial charge in [-0.15, -0.1) is 0 Å². The van der Waals surface area contributed by atoms with Crippen LogP contribution in [-0.4, -0.2) is 38.0 Å². The highest BCUT2D eigenvalue weighted by Crippen LogP contribution is 2.32. The summed E-state index contributed by atoms with van der Waals surface area (Å²) >= 11 is 0. The van der Waals surface area contributed by atoms with Crippen molar-refractivity contribution in [2.24, 2.45) is 7.05 Å². The van der Waals surface area contributed by atoms with Gasteiger partial charge in [0.05, 0.1) is 41.7 Å². The number of benzene rings is 1. The zero-order valence-corrected chi connectivity index (χ0v) is 14.1. The molecule has 1 N–H and O–H groups in total. The Kier molecular flexibility index (Phi) is 3.90. The minimum Gasteiger partial charge on any atom is -0.372 e. The quantitative estimate of drug-likeness (QED) is 0.800. The van der Waals surface area contributed by atoms with Gasteiger partial charge in [-0.1, -0.05) is 12.1 Å². The smallest absolute Gasteiger partial charge is 0.144 e. The molecular formula is C18H22N6. The van der Waals surface area contributed by atoms with Gasteiger partial charge in [-0.2, -0.15) is 0 Å². The van der Waals surface area contributed by atoms with Crippen molar-refractivity contribution in [3.05, 3.63) is 48.2 Å². The number of imidazole rings is 1. The molecule has 0 saturated carbocycles. The Morgan fingerprint density at radius 3 is 2.92 bits per heavy atom. The maximum Gasteiger partial charge on any atom is 0.144 e. The fourth-order valence-corrected chi connectivity index (χ4v) is 3.53. The average molecular weight is 322 g/mol. The van der Waals surface area contributed by atoms with E-state index in [1.165, 1.54) is 11.9 Å². The van der Waals surface area contributed by atoms with Crippen LogP contribution < -0.4 is 5.32 Å². The van der Waals surface area contributed by atoms with Crippen molar-refractivity contribution in [3.63, 3.8) is 0 Å². The van der Waals surface area contributed by atoms with Crippen LogP contribution in [-0.2, 0) is 13.6 Å². The van der Waals surface area contributed by atoms with Gasteiger partial charge in [-0.25, -0.2) is 9.97 Å². The molecule has 0 bridgehead atoms. The lowest BCUT2D eigenvalue weighted by molar-refractivity contribution is 0.236. The standard InChI is InChI=1S/C18H22N6/c1-19-17-11-20-10-14(21-17)16-8-5-9-24(16)12-18-22-13-6-3-4-7-15(13)23(18)2/h3-4,6-7,10-11,16H,5,8-9,12H2,1-2H3,(H,19,21)/t16-/m0/s1. The van der Waals surface area contributed by atoms with E-state index in [-0.39, 0.29) is 0 Å². The zero-order valence-electron chi connectivity index (χ0n) is 14.1. The van der Waals surface area contributed by atoms with E-state index in [1.807, 2.05) is 19.3 Å². The monoisotopic (exact) mass is 322 g/mol. The number of hydrogen-bond acceptors (Lipinski definition) is 5. The van der Waals surface area contributed by atoms with Crippen LogP contribution in [0.1, 0.15) is 30.4 Å². The molecule has 6 heteroatoms. The van der Waals surface area contributed by atoms with Gasteiger partial charge >= 0.3 is 0 Å². The number of rotatable bonds is 4. The maximum absolute atomic E-state index is 4.81. The Morgan fingerprint density at radius 2 is 2.08 bits per heavy atom. The van der Waals surface area contributed by atoms with Gasteiger partial charge < -0.3 is 9.88 Å². The lowest BCUT2D eigenvalue weighted by atomic mass is 10.1. The third kappa shape index (κ3) is 2.63. The Labute approximate surface area is 141 Å². The van der Waals surface area contributed by atoms with Gasteiger partial charge in [0.2, 0.25) is 0 Å². The number of anilines is 1. The van der Waals surface area contributed by atoms with Crippen molar-refractivity contribution in [1.82, 2.24) is 24.4 Å². The highest BCUT2D eigenvalue weighted by atomic mass is 15.2. The van der Waals surface area contributed by atoms with Crippen molar-refractivity contribution in [2.45, 2.75) is 25.4 Å². The molecule has 4 rings (SSSR count). The number of aryl methyl sites for hydroxylation is 1. The molecule has 1 fully saturated rings. The first-order valence-electron chi connectivity index (χ1n) is 8.40. The summed E-state index contributed by atoms with van der Waals surface area (Å²) in [5.74, 6) is 1.92. The van der Waals surface area contributed by atoms with Crippen molar-refractivity contribution in [3.8, 4) is 0 Å². The highest BCUT2D eigenvalue weighted by molar-refractivity contribution is 5.75. The molecule has 6 nitrogen and oxygen atoms in total. The number of nitrogens with zero attached hydrogens (tertiary/aromatic N) is 5. The summed E-state index contributed by atoms with van der Waals surface area (Å²) in [4.78, 5) is 16.3. The van der Waals surface area contributed by atoms with E-state index < -0.39 is 0 Å². The molecule has 0 spiro atoms. The summed E-state index contributed by atoms with van der Waals surface area (Å²) in [6.45, 7) is 1.90. The van der Waals surface area contributed by atoms with Crippen LogP contribution >= 0.6 is 0 Å². The summed E-state index contributed by atoms with van der Waals surface area (Å²) in [6.07, 6.45) is 5.94. The molecule has 24 heavy (non-hydrogen) atoms. The van der Waals surface area contributed by atoms with E-state index in [4.69, 9.17) is 4.98 Å². The van der Waals surface area contributed by atoms with Crippen molar-refractivity contribution < 1.29 is 0 Å². The fourth-order valence-electron chi connectivity index (χ4n) is 3.53. The maximum atomic E-state index is 4.81. The first-order chi connectivity index (χ1) is 11.8. The Morgan fingerprint density at radius 1 is 1.21 bits per heavy atom. The average Bonchev–Trinajstić information content (AvgIpc) is 3.21. The van der Waals surface area contributed by atoms with Crippen LogP contribution in [0.4, 0.5) is 5.82 Å². The third-order valence-corrected chi connectivity index (χ3v) is 4.84. The lowest BCUT2D eigenvalue weighted by Gasteiger charge is -2.23. The van der Waals surface area contributed by atoms with Crippen LogP contribution in [0.2, 0.25) is 0 Å². The molecule has 1 aliphatic rings. The fraction of sp³-hybridized carbons (Fsp3) is 0.389. The minimum atomic E-state index is 0.311. The summed E-state index contributed by atoms with van der Waals surface area (Å²) < 4.78 is 2.19. The van der Waals surface area contributed by atoms with E-state index >= 15 is 0 Å². The van der Waals surface area contributed by atoms with E-state index in [2.05, 4.69) is 50.0 Å². The topological polar surface area (TPSA) is 58.9 Å². The molecular weight excluding hydrogens is 300 g/mol. The van der Waals surface area contributed by atoms with Gasteiger partial charge in [0.1, 0.15) is 11.6 Å². The van der Waals surface area contributed by atoms with Gasteiger partial charge in [-0.05, 0) is 31.5 Å². The molecule has 0 aliphatic carbocycles. The van der Waals surface area contributed by atoms with Gasteiger partial charge in [-0.3, -0.25) is 9.88 Å². The minimum absolute atomic E-state index is 0.311. The summed E-state index contributed by atoms with van der Waals surface area (Å²) in [6, 6.07) is 8.60. The number of aromatic nitrogens is 4. The van der Waals surface area contributed by atoms with E-state index in [9.17, 15) is 0 Å². The molecule has 3 heterocycles. The molecule has 1 saturated heterocycles. The molecule has 0 amide bonds. The number of para-hydroxylation sites is 2. The predicted molar refractivity (Wildman–Crippen MR) is 94.7 cm³/mol. The van der Waals surface area contributed by atoms with Gasteiger partial charge in [0.25, 0.3) is 0 Å². The Bertz CT molecular complexity index is 856. The molecule has 0 radical (unpaired) electrons. The highest BCUT2D eigenvalue weighted by Gasteiger charge is 2.28. The molecule has 1 atom stereocenters. The third-order valence-electron chi connectivity index (χ3n) is 4.84. The molecule has 0 unspecified atom stereocenters. The first-order valence-corrected chi connectivity index (χ1v) is 8.40. The molecule has 124 valence electrons. The Balaban J connectivity index is 1.61. The number of hydrogen-bond donors (Lipinski definition) is 1.